The van der Waals surface area contributed by atoms with Crippen LogP contribution in [0.5, 0.6) is 0 Å². The summed E-state index contributed by atoms with van der Waals surface area (Å²) in [7, 11) is -3.12. The Morgan fingerprint density at radius 3 is 2.62 bits per heavy atom. The molecule has 0 aromatic carbocycles. The van der Waals surface area contributed by atoms with E-state index in [-0.39, 0.29) is 36.2 Å². The lowest BCUT2D eigenvalue weighted by molar-refractivity contribution is -0.126. The summed E-state index contributed by atoms with van der Waals surface area (Å²) in [6, 6.07) is 3.26. The molecule has 13 nitrogen and oxygen atoms in total. The van der Waals surface area contributed by atoms with Gasteiger partial charge in [-0.05, 0) is 65.2 Å². The van der Waals surface area contributed by atoms with Gasteiger partial charge in [-0.25, -0.2) is 22.8 Å². The molecule has 3 saturated heterocycles. The second kappa shape index (κ2) is 13.1. The minimum Gasteiger partial charge on any atom is -0.369 e. The number of fused-ring (bicyclic) bond motifs is 1. The number of nitrogens with one attached hydrogen (secondary N) is 1. The van der Waals surface area contributed by atoms with Crippen LogP contribution in [0, 0.1) is 5.92 Å². The number of rotatable bonds is 9. The van der Waals surface area contributed by atoms with Crippen molar-refractivity contribution in [3.8, 4) is 0 Å². The molecule has 1 unspecified atom stereocenters. The number of hydrogen-bond acceptors (Lipinski definition) is 12. The molecule has 0 radical (unpaired) electrons. The smallest absolute Gasteiger partial charge is 0.246 e. The number of aromatic nitrogens is 5. The first-order valence-corrected chi connectivity index (χ1v) is 18.5. The summed E-state index contributed by atoms with van der Waals surface area (Å²) < 4.78 is 45.0. The molecule has 6 rings (SSSR count). The minimum absolute atomic E-state index is 0.0163. The van der Waals surface area contributed by atoms with Gasteiger partial charge in [0.25, 0.3) is 0 Å². The Labute approximate surface area is 280 Å². The summed E-state index contributed by atoms with van der Waals surface area (Å²) in [5, 5.41) is 14.1. The lowest BCUT2D eigenvalue weighted by Gasteiger charge is -2.47. The molecule has 15 heteroatoms. The molecule has 6 heterocycles. The number of nitrogens with zero attached hydrogens (tertiary/aromatic N) is 8. The van der Waals surface area contributed by atoms with Crippen LogP contribution in [-0.2, 0) is 19.4 Å². The van der Waals surface area contributed by atoms with Crippen LogP contribution < -0.4 is 15.1 Å². The molecule has 3 aliphatic heterocycles. The van der Waals surface area contributed by atoms with Gasteiger partial charge in [-0.3, -0.25) is 4.79 Å². The number of likely N-dealkylation sites (tertiary alicyclic amines) is 1. The molecule has 1 N–H and O–H groups in total. The van der Waals surface area contributed by atoms with Crippen molar-refractivity contribution in [3.63, 3.8) is 0 Å². The zero-order valence-electron chi connectivity index (χ0n) is 28.1. The molecule has 48 heavy (non-hydrogen) atoms. The van der Waals surface area contributed by atoms with Crippen LogP contribution in [0.3, 0.4) is 0 Å². The number of anilines is 4. The Bertz CT molecular complexity index is 1800. The summed E-state index contributed by atoms with van der Waals surface area (Å²) in [5.41, 5.74) is 0.229. The van der Waals surface area contributed by atoms with Crippen molar-refractivity contribution >= 4 is 49.9 Å². The first kappa shape index (κ1) is 33.9. The number of halogens is 1. The van der Waals surface area contributed by atoms with E-state index in [0.29, 0.717) is 55.2 Å². The van der Waals surface area contributed by atoms with Gasteiger partial charge in [0.2, 0.25) is 11.9 Å². The molecule has 1 amide bonds. The molecule has 3 fully saturated rings. The third kappa shape index (κ3) is 7.21. The number of ether oxygens (including phenoxy) is 1. The molecular weight excluding hydrogens is 637 g/mol. The number of alkyl halides is 1. The molecule has 3 aromatic heterocycles. The van der Waals surface area contributed by atoms with Crippen molar-refractivity contribution in [2.24, 2.45) is 5.92 Å². The highest BCUT2D eigenvalue weighted by molar-refractivity contribution is 7.90. The average Bonchev–Trinajstić information content (AvgIpc) is 3.52. The number of piperidine rings is 1. The summed E-state index contributed by atoms with van der Waals surface area (Å²) in [4.78, 5) is 32.2. The third-order valence-corrected chi connectivity index (χ3v) is 10.3. The van der Waals surface area contributed by atoms with Gasteiger partial charge >= 0.3 is 0 Å². The van der Waals surface area contributed by atoms with Gasteiger partial charge in [0.05, 0.1) is 35.7 Å². The first-order chi connectivity index (χ1) is 22.7. The molecule has 3 aromatic rings. The van der Waals surface area contributed by atoms with Gasteiger partial charge in [-0.15, -0.1) is 5.10 Å². The molecular formula is C33H44FN9O4S. The van der Waals surface area contributed by atoms with E-state index in [1.165, 1.54) is 12.3 Å². The maximum atomic E-state index is 15.1. The molecule has 0 bridgehead atoms. The highest BCUT2D eigenvalue weighted by Gasteiger charge is 2.40. The molecule has 0 saturated carbocycles. The van der Waals surface area contributed by atoms with Crippen molar-refractivity contribution < 1.29 is 22.3 Å². The number of carbonyl (C=O) groups is 1. The third-order valence-electron chi connectivity index (χ3n) is 9.26. The van der Waals surface area contributed by atoms with Gasteiger partial charge in [0.1, 0.15) is 27.6 Å². The number of amides is 1. The van der Waals surface area contributed by atoms with Crippen molar-refractivity contribution in [1.82, 2.24) is 30.0 Å². The number of pyridine rings is 1. The van der Waals surface area contributed by atoms with Crippen LogP contribution in [0.15, 0.2) is 37.2 Å². The Morgan fingerprint density at radius 1 is 1.15 bits per heavy atom. The van der Waals surface area contributed by atoms with Crippen LogP contribution in [-0.4, -0.2) is 106 Å². The van der Waals surface area contributed by atoms with Crippen LogP contribution >= 0.6 is 0 Å². The quantitative estimate of drug-likeness (QED) is 0.326. The van der Waals surface area contributed by atoms with Crippen molar-refractivity contribution in [3.05, 3.63) is 42.9 Å². The lowest BCUT2D eigenvalue weighted by atomic mass is 9.91. The Morgan fingerprint density at radius 2 is 1.94 bits per heavy atom. The molecule has 0 aliphatic carbocycles. The Kier molecular flexibility index (Phi) is 9.28. The first-order valence-electron chi connectivity index (χ1n) is 16.4. The van der Waals surface area contributed by atoms with Crippen molar-refractivity contribution in [1.29, 1.82) is 0 Å². The minimum atomic E-state index is -3.12. The number of sulfone groups is 1. The zero-order valence-corrected chi connectivity index (χ0v) is 29.0. The largest absolute Gasteiger partial charge is 0.369 e. The summed E-state index contributed by atoms with van der Waals surface area (Å²) in [6.45, 7) is 13.3. The van der Waals surface area contributed by atoms with E-state index in [1.807, 2.05) is 38.7 Å². The van der Waals surface area contributed by atoms with E-state index in [4.69, 9.17) is 9.72 Å². The predicted molar refractivity (Wildman–Crippen MR) is 183 cm³/mol. The maximum Gasteiger partial charge on any atom is 0.246 e. The summed E-state index contributed by atoms with van der Waals surface area (Å²) >= 11 is 0. The average molecular weight is 682 g/mol. The fraction of sp³-hybridized carbons (Fsp3) is 0.576. The fourth-order valence-corrected chi connectivity index (χ4v) is 8.08. The van der Waals surface area contributed by atoms with E-state index in [2.05, 4.69) is 37.0 Å². The second-order valence-corrected chi connectivity index (χ2v) is 16.2. The van der Waals surface area contributed by atoms with Crippen molar-refractivity contribution in [2.45, 2.75) is 76.9 Å². The monoisotopic (exact) mass is 681 g/mol. The van der Waals surface area contributed by atoms with Gasteiger partial charge in [-0.2, -0.15) is 10.1 Å². The molecule has 0 spiro atoms. The lowest BCUT2D eigenvalue weighted by Crippen LogP contribution is -2.57. The molecule has 258 valence electrons. The van der Waals surface area contributed by atoms with Gasteiger partial charge in [0, 0.05) is 61.0 Å². The fourth-order valence-electron chi connectivity index (χ4n) is 6.91. The van der Waals surface area contributed by atoms with Gasteiger partial charge in [-0.1, -0.05) is 6.58 Å². The Hall–Kier alpha value is -3.98. The van der Waals surface area contributed by atoms with Gasteiger partial charge in [0.15, 0.2) is 5.82 Å². The number of hydrogen-bond donors (Lipinski definition) is 1. The zero-order chi connectivity index (χ0) is 34.4. The van der Waals surface area contributed by atoms with E-state index in [9.17, 15) is 13.2 Å². The van der Waals surface area contributed by atoms with E-state index in [1.54, 1.807) is 23.4 Å². The van der Waals surface area contributed by atoms with Crippen LogP contribution in [0.4, 0.5) is 27.8 Å². The van der Waals surface area contributed by atoms with Crippen LogP contribution in [0.2, 0.25) is 0 Å². The van der Waals surface area contributed by atoms with E-state index in [0.717, 1.165) is 23.6 Å². The summed E-state index contributed by atoms with van der Waals surface area (Å²) in [5.74, 6) is 1.94. The van der Waals surface area contributed by atoms with Gasteiger partial charge < -0.3 is 24.8 Å². The normalized spacial score (nSPS) is 24.9. The standard InChI is InChI=1S/C33H44FN9O4S/c1-7-29(44)42-13-8-9-25(42)30-22-15-28(36-16-23(22)31(40-39-30)43-17-21(20(43)2)19-48(6,45)46)37-27-10-12-35-32(38-27)41-14-11-26(24(34)18-41)47-33(3,4)5/h7,10,12,15-16,20-21,24-26H,1,8-9,11,13-14,17-19H2,2-6H3,(H,35,36,37,38)/t20-,21-,24+,25?,26-/m1/s1. The number of carbonyl (C=O) groups excluding carboxylic acids is 1. The van der Waals surface area contributed by atoms with Crippen LogP contribution in [0.1, 0.15) is 58.7 Å². The molecule has 3 aliphatic rings. The predicted octanol–water partition coefficient (Wildman–Crippen LogP) is 4.01. The summed E-state index contributed by atoms with van der Waals surface area (Å²) in [6.07, 6.45) is 6.35. The van der Waals surface area contributed by atoms with Crippen molar-refractivity contribution in [2.75, 3.05) is 53.3 Å². The molecule has 5 atom stereocenters. The van der Waals surface area contributed by atoms with E-state index >= 15 is 4.39 Å². The maximum absolute atomic E-state index is 15.1. The van der Waals surface area contributed by atoms with E-state index < -0.39 is 27.7 Å². The SMILES string of the molecule is C=CC(=O)N1CCCC1c1nnc(N2C[C@H](CS(C)(=O)=O)[C@H]2C)c2cnc(Nc3ccnc(N4CC[C@@H](OC(C)(C)C)[C@@H](F)C4)n3)cc12. The topological polar surface area (TPSA) is 147 Å². The Balaban J connectivity index is 1.29. The highest BCUT2D eigenvalue weighted by atomic mass is 32.2. The highest BCUT2D eigenvalue weighted by Crippen LogP contribution is 2.40. The van der Waals surface area contributed by atoms with Crippen LogP contribution in [0.25, 0.3) is 10.8 Å². The second-order valence-electron chi connectivity index (χ2n) is 14.0.